The molecule has 0 atom stereocenters. The number of thioether (sulfide) groups is 1. The van der Waals surface area contributed by atoms with Crippen LogP contribution in [0.3, 0.4) is 0 Å². The summed E-state index contributed by atoms with van der Waals surface area (Å²) < 4.78 is 23.3. The minimum Gasteiger partial charge on any atom is -0.490 e. The summed E-state index contributed by atoms with van der Waals surface area (Å²) in [6.07, 6.45) is 8.03. The topological polar surface area (TPSA) is 54.0 Å². The van der Waals surface area contributed by atoms with Crippen LogP contribution in [0, 0.1) is 0 Å². The zero-order valence-electron chi connectivity index (χ0n) is 21.9. The molecule has 0 unspecified atom stereocenters. The molecule has 6 heteroatoms. The first-order chi connectivity index (χ1) is 17.6. The van der Waals surface area contributed by atoms with Gasteiger partial charge >= 0.3 is 0 Å². The van der Waals surface area contributed by atoms with Gasteiger partial charge in [0.05, 0.1) is 31.3 Å². The third kappa shape index (κ3) is 7.82. The highest BCUT2D eigenvalue weighted by Gasteiger charge is 2.24. The van der Waals surface area contributed by atoms with Crippen molar-refractivity contribution in [3.63, 3.8) is 0 Å². The summed E-state index contributed by atoms with van der Waals surface area (Å²) in [6, 6.07) is 11.7. The Balaban J connectivity index is 1.76. The van der Waals surface area contributed by atoms with Gasteiger partial charge in [-0.1, -0.05) is 38.8 Å². The smallest absolute Gasteiger partial charge is 0.196 e. The van der Waals surface area contributed by atoms with Crippen molar-refractivity contribution in [1.82, 2.24) is 0 Å². The van der Waals surface area contributed by atoms with Crippen molar-refractivity contribution in [2.75, 3.05) is 32.2 Å². The maximum absolute atomic E-state index is 13.1. The standard InChI is InChI=1S/C30H38O5S/c1-5-9-15-34-25-13-11-22(18-27(25)32-7-3)17-24-21-36-29(30(24)31)20-23-12-14-26(35-16-10-6-2)28(19-23)33-8-4/h11-14,17-20H,5-10,15-16,21H2,1-4H3. The van der Waals surface area contributed by atoms with Crippen LogP contribution in [-0.4, -0.2) is 38.0 Å². The number of hydrogen-bond donors (Lipinski definition) is 0. The molecule has 194 valence electrons. The van der Waals surface area contributed by atoms with E-state index in [1.165, 1.54) is 0 Å². The van der Waals surface area contributed by atoms with Gasteiger partial charge in [-0.05, 0) is 74.2 Å². The molecule has 1 aliphatic heterocycles. The predicted octanol–water partition coefficient (Wildman–Crippen LogP) is 7.58. The van der Waals surface area contributed by atoms with Crippen molar-refractivity contribution in [3.8, 4) is 23.0 Å². The molecule has 0 spiro atoms. The molecule has 1 fully saturated rings. The van der Waals surface area contributed by atoms with Crippen molar-refractivity contribution in [3.05, 3.63) is 58.0 Å². The first-order valence-corrected chi connectivity index (χ1v) is 14.0. The van der Waals surface area contributed by atoms with Gasteiger partial charge in [-0.15, -0.1) is 11.8 Å². The quantitative estimate of drug-likeness (QED) is 0.193. The van der Waals surface area contributed by atoms with Crippen LogP contribution in [0.15, 0.2) is 46.9 Å². The van der Waals surface area contributed by atoms with E-state index < -0.39 is 0 Å². The third-order valence-corrected chi connectivity index (χ3v) is 6.65. The van der Waals surface area contributed by atoms with Gasteiger partial charge in [0, 0.05) is 11.3 Å². The maximum atomic E-state index is 13.1. The highest BCUT2D eigenvalue weighted by Crippen LogP contribution is 2.37. The maximum Gasteiger partial charge on any atom is 0.196 e. The average Bonchev–Trinajstić information content (AvgIpc) is 3.21. The van der Waals surface area contributed by atoms with E-state index in [4.69, 9.17) is 18.9 Å². The molecule has 1 aliphatic rings. The van der Waals surface area contributed by atoms with Gasteiger partial charge in [-0.2, -0.15) is 0 Å². The zero-order valence-corrected chi connectivity index (χ0v) is 22.7. The van der Waals surface area contributed by atoms with Crippen LogP contribution < -0.4 is 18.9 Å². The number of carbonyl (C=O) groups is 1. The van der Waals surface area contributed by atoms with Gasteiger partial charge in [0.2, 0.25) is 0 Å². The van der Waals surface area contributed by atoms with Gasteiger partial charge in [-0.3, -0.25) is 4.79 Å². The van der Waals surface area contributed by atoms with Gasteiger partial charge in [0.15, 0.2) is 28.8 Å². The lowest BCUT2D eigenvalue weighted by atomic mass is 10.1. The van der Waals surface area contributed by atoms with Crippen molar-refractivity contribution < 1.29 is 23.7 Å². The summed E-state index contributed by atoms with van der Waals surface area (Å²) in [6.45, 7) is 10.6. The third-order valence-electron chi connectivity index (χ3n) is 5.58. The predicted molar refractivity (Wildman–Crippen MR) is 149 cm³/mol. The van der Waals surface area contributed by atoms with Crippen LogP contribution >= 0.6 is 11.8 Å². The Bertz CT molecular complexity index is 990. The second-order valence-corrected chi connectivity index (χ2v) is 9.50. The van der Waals surface area contributed by atoms with Crippen molar-refractivity contribution >= 4 is 29.7 Å². The number of carbonyl (C=O) groups excluding carboxylic acids is 1. The van der Waals surface area contributed by atoms with E-state index >= 15 is 0 Å². The summed E-state index contributed by atoms with van der Waals surface area (Å²) in [5.41, 5.74) is 2.63. The second-order valence-electron chi connectivity index (χ2n) is 8.48. The summed E-state index contributed by atoms with van der Waals surface area (Å²) in [4.78, 5) is 13.9. The van der Waals surface area contributed by atoms with Crippen LogP contribution in [0.4, 0.5) is 0 Å². The summed E-state index contributed by atoms with van der Waals surface area (Å²) in [7, 11) is 0. The molecule has 0 aromatic heterocycles. The molecule has 1 heterocycles. The number of ketones is 1. The lowest BCUT2D eigenvalue weighted by Crippen LogP contribution is -2.01. The van der Waals surface area contributed by atoms with E-state index in [1.807, 2.05) is 62.4 Å². The Morgan fingerprint density at radius 1 is 0.722 bits per heavy atom. The molecule has 1 saturated heterocycles. The Morgan fingerprint density at radius 3 is 1.75 bits per heavy atom. The van der Waals surface area contributed by atoms with E-state index in [-0.39, 0.29) is 5.78 Å². The molecule has 0 aliphatic carbocycles. The van der Waals surface area contributed by atoms with Gasteiger partial charge < -0.3 is 18.9 Å². The molecular weight excluding hydrogens is 472 g/mol. The van der Waals surface area contributed by atoms with E-state index in [0.29, 0.717) is 43.7 Å². The Labute approximate surface area is 219 Å². The number of unbranched alkanes of at least 4 members (excludes halogenated alkanes) is 2. The minimum absolute atomic E-state index is 0.0578. The van der Waals surface area contributed by atoms with E-state index in [9.17, 15) is 4.79 Å². The monoisotopic (exact) mass is 510 g/mol. The van der Waals surface area contributed by atoms with Crippen molar-refractivity contribution in [1.29, 1.82) is 0 Å². The van der Waals surface area contributed by atoms with Crippen LogP contribution in [0.1, 0.15) is 64.5 Å². The largest absolute Gasteiger partial charge is 0.490 e. The lowest BCUT2D eigenvalue weighted by Gasteiger charge is -2.12. The summed E-state index contributed by atoms with van der Waals surface area (Å²) in [5.74, 6) is 3.60. The first kappa shape index (κ1) is 27.7. The van der Waals surface area contributed by atoms with E-state index in [2.05, 4.69) is 13.8 Å². The SMILES string of the molecule is CCCCOc1ccc(C=C2CSC(=Cc3ccc(OCCCC)c(OCC)c3)C2=O)cc1OCC. The zero-order chi connectivity index (χ0) is 25.8. The number of allylic oxidation sites excluding steroid dienone is 1. The number of Topliss-reactive ketones (excluding diaryl/α,β-unsaturated/α-hetero) is 1. The fraction of sp³-hybridized carbons (Fsp3) is 0.433. The lowest BCUT2D eigenvalue weighted by molar-refractivity contribution is -0.111. The molecule has 5 nitrogen and oxygen atoms in total. The van der Waals surface area contributed by atoms with Crippen molar-refractivity contribution in [2.24, 2.45) is 0 Å². The number of rotatable bonds is 14. The highest BCUT2D eigenvalue weighted by atomic mass is 32.2. The molecule has 2 aromatic rings. The molecule has 0 bridgehead atoms. The Kier molecular flexibility index (Phi) is 11.3. The summed E-state index contributed by atoms with van der Waals surface area (Å²) >= 11 is 1.56. The van der Waals surface area contributed by atoms with Gasteiger partial charge in [0.1, 0.15) is 0 Å². The number of ether oxygens (including phenoxy) is 4. The Morgan fingerprint density at radius 2 is 1.25 bits per heavy atom. The molecule has 0 N–H and O–H groups in total. The van der Waals surface area contributed by atoms with Crippen LogP contribution in [0.2, 0.25) is 0 Å². The molecule has 0 radical (unpaired) electrons. The molecule has 36 heavy (non-hydrogen) atoms. The molecule has 0 amide bonds. The van der Waals surface area contributed by atoms with Crippen LogP contribution in [-0.2, 0) is 4.79 Å². The van der Waals surface area contributed by atoms with Crippen LogP contribution in [0.5, 0.6) is 23.0 Å². The van der Waals surface area contributed by atoms with Gasteiger partial charge in [-0.25, -0.2) is 0 Å². The first-order valence-electron chi connectivity index (χ1n) is 13.0. The second kappa shape index (κ2) is 14.6. The van der Waals surface area contributed by atoms with Crippen molar-refractivity contribution in [2.45, 2.75) is 53.4 Å². The fourth-order valence-electron chi connectivity index (χ4n) is 3.67. The Hall–Kier alpha value is -2.86. The average molecular weight is 511 g/mol. The molecule has 3 rings (SSSR count). The van der Waals surface area contributed by atoms with E-state index in [0.717, 1.165) is 58.8 Å². The molecule has 2 aromatic carbocycles. The molecule has 0 saturated carbocycles. The van der Waals surface area contributed by atoms with Crippen LogP contribution in [0.25, 0.3) is 12.2 Å². The highest BCUT2D eigenvalue weighted by molar-refractivity contribution is 8.05. The van der Waals surface area contributed by atoms with E-state index in [1.54, 1.807) is 11.8 Å². The summed E-state index contributed by atoms with van der Waals surface area (Å²) in [5, 5.41) is 0. The molecular formula is C30H38O5S. The normalized spacial score (nSPS) is 15.5. The van der Waals surface area contributed by atoms with Gasteiger partial charge in [0.25, 0.3) is 0 Å². The fourth-order valence-corrected chi connectivity index (χ4v) is 4.68. The number of hydrogen-bond acceptors (Lipinski definition) is 6. The number of benzene rings is 2. The minimum atomic E-state index is 0.0578.